The number of halogens is 1. The lowest BCUT2D eigenvalue weighted by Crippen LogP contribution is -2.47. The number of hydrogen-bond donors (Lipinski definition) is 2. The van der Waals surface area contributed by atoms with E-state index in [1.807, 2.05) is 32.9 Å². The van der Waals surface area contributed by atoms with Gasteiger partial charge in [0.1, 0.15) is 12.1 Å². The molecule has 1 heterocycles. The molecule has 24 heavy (non-hydrogen) atoms. The number of nitrogens with zero attached hydrogens (tertiary/aromatic N) is 3. The normalized spacial score (nSPS) is 14.4. The molecule has 7 heteroatoms. The molecular weight excluding hydrogens is 346 g/mol. The Morgan fingerprint density at radius 2 is 1.92 bits per heavy atom. The SMILES string of the molecule is CC(C)(C)C(O)(CCCOc1ccc(Cl)cc1)Cn1ncnc1S. The van der Waals surface area contributed by atoms with E-state index in [1.54, 1.807) is 16.8 Å². The maximum atomic E-state index is 11.2. The first-order valence-electron chi connectivity index (χ1n) is 7.89. The summed E-state index contributed by atoms with van der Waals surface area (Å²) >= 11 is 10.1. The van der Waals surface area contributed by atoms with Gasteiger partial charge in [-0.15, -0.1) is 12.6 Å². The second-order valence-corrected chi connectivity index (χ2v) is 7.74. The van der Waals surface area contributed by atoms with Gasteiger partial charge in [-0.1, -0.05) is 32.4 Å². The van der Waals surface area contributed by atoms with Crippen LogP contribution in [0.25, 0.3) is 0 Å². The predicted octanol–water partition coefficient (Wildman–Crippen LogP) is 3.86. The van der Waals surface area contributed by atoms with Crippen LogP contribution in [0.15, 0.2) is 35.7 Å². The topological polar surface area (TPSA) is 60.2 Å². The molecule has 2 aromatic rings. The van der Waals surface area contributed by atoms with Crippen LogP contribution in [0.1, 0.15) is 33.6 Å². The number of benzene rings is 1. The Morgan fingerprint density at radius 1 is 1.25 bits per heavy atom. The lowest BCUT2D eigenvalue weighted by molar-refractivity contribution is -0.0841. The highest BCUT2D eigenvalue weighted by atomic mass is 35.5. The first-order chi connectivity index (χ1) is 11.2. The van der Waals surface area contributed by atoms with Crippen molar-refractivity contribution in [1.29, 1.82) is 0 Å². The van der Waals surface area contributed by atoms with Gasteiger partial charge in [0.25, 0.3) is 0 Å². The van der Waals surface area contributed by atoms with Crippen LogP contribution in [-0.2, 0) is 6.54 Å². The second kappa shape index (κ2) is 7.76. The first kappa shape index (κ1) is 19.1. The molecule has 0 bridgehead atoms. The molecule has 0 saturated carbocycles. The number of rotatable bonds is 7. The van der Waals surface area contributed by atoms with Crippen molar-refractivity contribution in [3.63, 3.8) is 0 Å². The average Bonchev–Trinajstić information content (AvgIpc) is 2.89. The van der Waals surface area contributed by atoms with Gasteiger partial charge in [-0.3, -0.25) is 0 Å². The lowest BCUT2D eigenvalue weighted by Gasteiger charge is -2.40. The minimum atomic E-state index is -0.943. The zero-order valence-corrected chi connectivity index (χ0v) is 15.9. The third-order valence-corrected chi connectivity index (χ3v) is 4.82. The number of thiol groups is 1. The fourth-order valence-corrected chi connectivity index (χ4v) is 2.69. The van der Waals surface area contributed by atoms with Crippen molar-refractivity contribution in [3.8, 4) is 5.75 Å². The van der Waals surface area contributed by atoms with Crippen molar-refractivity contribution in [1.82, 2.24) is 14.8 Å². The highest BCUT2D eigenvalue weighted by Gasteiger charge is 2.40. The average molecular weight is 370 g/mol. The van der Waals surface area contributed by atoms with Crippen molar-refractivity contribution in [2.75, 3.05) is 6.61 Å². The Bertz CT molecular complexity index is 655. The summed E-state index contributed by atoms with van der Waals surface area (Å²) in [7, 11) is 0. The van der Waals surface area contributed by atoms with E-state index in [4.69, 9.17) is 16.3 Å². The van der Waals surface area contributed by atoms with E-state index in [1.165, 1.54) is 6.33 Å². The van der Waals surface area contributed by atoms with Crippen LogP contribution < -0.4 is 4.74 Å². The zero-order chi connectivity index (χ0) is 17.8. The summed E-state index contributed by atoms with van der Waals surface area (Å²) in [6, 6.07) is 7.25. The summed E-state index contributed by atoms with van der Waals surface area (Å²) in [4.78, 5) is 4.00. The van der Waals surface area contributed by atoms with Crippen LogP contribution in [-0.4, -0.2) is 32.1 Å². The Kier molecular flexibility index (Phi) is 6.17. The summed E-state index contributed by atoms with van der Waals surface area (Å²) in [5.41, 5.74) is -1.26. The third kappa shape index (κ3) is 4.88. The van der Waals surface area contributed by atoms with Crippen LogP contribution >= 0.6 is 24.2 Å². The molecule has 132 valence electrons. The van der Waals surface area contributed by atoms with Gasteiger partial charge >= 0.3 is 0 Å². The van der Waals surface area contributed by atoms with Gasteiger partial charge < -0.3 is 9.84 Å². The highest BCUT2D eigenvalue weighted by molar-refractivity contribution is 7.80. The highest BCUT2D eigenvalue weighted by Crippen LogP contribution is 2.36. The van der Waals surface area contributed by atoms with Gasteiger partial charge in [-0.2, -0.15) is 5.10 Å². The van der Waals surface area contributed by atoms with E-state index < -0.39 is 5.60 Å². The van der Waals surface area contributed by atoms with E-state index in [0.29, 0.717) is 36.2 Å². The molecule has 5 nitrogen and oxygen atoms in total. The Hall–Kier alpha value is -1.24. The second-order valence-electron chi connectivity index (χ2n) is 6.91. The van der Waals surface area contributed by atoms with Gasteiger partial charge in [-0.05, 0) is 42.5 Å². The number of ether oxygens (including phenoxy) is 1. The molecule has 1 aromatic heterocycles. The zero-order valence-electron chi connectivity index (χ0n) is 14.2. The van der Waals surface area contributed by atoms with Crippen LogP contribution in [0.2, 0.25) is 5.02 Å². The predicted molar refractivity (Wildman–Crippen MR) is 97.9 cm³/mol. The fourth-order valence-electron chi connectivity index (χ4n) is 2.39. The smallest absolute Gasteiger partial charge is 0.183 e. The van der Waals surface area contributed by atoms with Gasteiger partial charge in [-0.25, -0.2) is 9.67 Å². The summed E-state index contributed by atoms with van der Waals surface area (Å²) in [6.07, 6.45) is 2.74. The van der Waals surface area contributed by atoms with E-state index >= 15 is 0 Å². The molecule has 0 spiro atoms. The van der Waals surface area contributed by atoms with Crippen LogP contribution in [0.5, 0.6) is 5.75 Å². The molecule has 0 fully saturated rings. The fraction of sp³-hybridized carbons (Fsp3) is 0.529. The maximum absolute atomic E-state index is 11.2. The molecule has 0 saturated heterocycles. The standard InChI is InChI=1S/C17H24ClN3O2S/c1-16(2,3)17(22,11-21-15(24)19-12-20-21)9-4-10-23-14-7-5-13(18)6-8-14/h5-8,12,22H,4,9-11H2,1-3H3,(H,19,20,24). The minimum Gasteiger partial charge on any atom is -0.494 e. The molecule has 0 radical (unpaired) electrons. The monoisotopic (exact) mass is 369 g/mol. The minimum absolute atomic E-state index is 0.320. The summed E-state index contributed by atoms with van der Waals surface area (Å²) in [6.45, 7) is 6.91. The molecule has 1 aromatic carbocycles. The molecule has 0 aliphatic heterocycles. The van der Waals surface area contributed by atoms with Crippen LogP contribution in [0.4, 0.5) is 0 Å². The maximum Gasteiger partial charge on any atom is 0.183 e. The van der Waals surface area contributed by atoms with Gasteiger partial charge in [0, 0.05) is 5.02 Å². The van der Waals surface area contributed by atoms with E-state index in [-0.39, 0.29) is 5.41 Å². The van der Waals surface area contributed by atoms with Gasteiger partial charge in [0.2, 0.25) is 0 Å². The molecule has 1 atom stereocenters. The Morgan fingerprint density at radius 3 is 2.46 bits per heavy atom. The van der Waals surface area contributed by atoms with E-state index in [0.717, 1.165) is 5.75 Å². The quantitative estimate of drug-likeness (QED) is 0.574. The summed E-state index contributed by atoms with van der Waals surface area (Å²) in [5, 5.41) is 16.5. The van der Waals surface area contributed by atoms with Crippen molar-refractivity contribution >= 4 is 24.2 Å². The van der Waals surface area contributed by atoms with Crippen LogP contribution in [0.3, 0.4) is 0 Å². The number of aromatic nitrogens is 3. The first-order valence-corrected chi connectivity index (χ1v) is 8.71. The largest absolute Gasteiger partial charge is 0.494 e. The number of aliphatic hydroxyl groups is 1. The Balaban J connectivity index is 1.94. The van der Waals surface area contributed by atoms with Crippen molar-refractivity contribution < 1.29 is 9.84 Å². The molecule has 0 amide bonds. The molecule has 0 aliphatic carbocycles. The number of hydrogen-bond acceptors (Lipinski definition) is 5. The van der Waals surface area contributed by atoms with Gasteiger partial charge in [0.05, 0.1) is 18.8 Å². The van der Waals surface area contributed by atoms with E-state index in [9.17, 15) is 5.11 Å². The van der Waals surface area contributed by atoms with Crippen molar-refractivity contribution in [3.05, 3.63) is 35.6 Å². The van der Waals surface area contributed by atoms with Gasteiger partial charge in [0.15, 0.2) is 5.16 Å². The van der Waals surface area contributed by atoms with Crippen LogP contribution in [0, 0.1) is 5.41 Å². The molecule has 1 unspecified atom stereocenters. The molecule has 0 aliphatic rings. The lowest BCUT2D eigenvalue weighted by atomic mass is 9.73. The third-order valence-electron chi connectivity index (χ3n) is 4.22. The van der Waals surface area contributed by atoms with E-state index in [2.05, 4.69) is 22.7 Å². The summed E-state index contributed by atoms with van der Waals surface area (Å²) in [5.74, 6) is 0.771. The van der Waals surface area contributed by atoms with Crippen molar-refractivity contribution in [2.45, 2.75) is 50.9 Å². The van der Waals surface area contributed by atoms with Crippen molar-refractivity contribution in [2.24, 2.45) is 5.41 Å². The summed E-state index contributed by atoms with van der Waals surface area (Å²) < 4.78 is 7.33. The molecule has 2 rings (SSSR count). The Labute approximate surface area is 153 Å². The molecular formula is C17H24ClN3O2S. The molecule has 1 N–H and O–H groups in total.